The van der Waals surface area contributed by atoms with Crippen LogP contribution >= 0.6 is 23.2 Å². The van der Waals surface area contributed by atoms with Gasteiger partial charge in [0.05, 0.1) is 27.8 Å². The molecule has 0 radical (unpaired) electrons. The number of rotatable bonds is 8. The molecule has 1 saturated carbocycles. The summed E-state index contributed by atoms with van der Waals surface area (Å²) >= 11 is 11.8. The van der Waals surface area contributed by atoms with E-state index >= 15 is 0 Å². The summed E-state index contributed by atoms with van der Waals surface area (Å²) in [5.74, 6) is -3.29. The molecule has 0 aliphatic heterocycles. The van der Waals surface area contributed by atoms with Gasteiger partial charge in [0, 0.05) is 6.54 Å². The lowest BCUT2D eigenvalue weighted by Gasteiger charge is -2.26. The highest BCUT2D eigenvalue weighted by molar-refractivity contribution is 6.42. The van der Waals surface area contributed by atoms with Crippen molar-refractivity contribution in [2.45, 2.75) is 38.5 Å². The molecule has 0 bridgehead atoms. The molecule has 0 saturated heterocycles. The summed E-state index contributed by atoms with van der Waals surface area (Å²) in [6.45, 7) is -0.0736. The predicted molar refractivity (Wildman–Crippen MR) is 97.5 cm³/mol. The first-order chi connectivity index (χ1) is 12.2. The molecule has 142 valence electrons. The first-order valence-electron chi connectivity index (χ1n) is 8.40. The van der Waals surface area contributed by atoms with Crippen molar-refractivity contribution in [3.8, 4) is 0 Å². The molecule has 1 unspecified atom stereocenters. The van der Waals surface area contributed by atoms with Gasteiger partial charge in [0.25, 0.3) is 0 Å². The lowest BCUT2D eigenvalue weighted by molar-refractivity contribution is -0.146. The maximum atomic E-state index is 12.6. The summed E-state index contributed by atoms with van der Waals surface area (Å²) in [6, 6.07) is 4.89. The van der Waals surface area contributed by atoms with E-state index in [0.717, 1.165) is 12.8 Å². The fourth-order valence-electron chi connectivity index (χ4n) is 3.43. The first-order valence-corrected chi connectivity index (χ1v) is 9.16. The maximum Gasteiger partial charge on any atom is 0.308 e. The lowest BCUT2D eigenvalue weighted by atomic mass is 9.81. The molecule has 6 nitrogen and oxygen atoms in total. The van der Waals surface area contributed by atoms with Crippen molar-refractivity contribution >= 4 is 41.0 Å². The molecule has 0 aromatic heterocycles. The molecule has 26 heavy (non-hydrogen) atoms. The second-order valence-corrected chi connectivity index (χ2v) is 7.57. The van der Waals surface area contributed by atoms with E-state index in [2.05, 4.69) is 5.32 Å². The van der Waals surface area contributed by atoms with Gasteiger partial charge >= 0.3 is 11.9 Å². The van der Waals surface area contributed by atoms with Gasteiger partial charge in [-0.1, -0.05) is 42.1 Å². The van der Waals surface area contributed by atoms with Gasteiger partial charge in [-0.25, -0.2) is 0 Å². The fourth-order valence-corrected chi connectivity index (χ4v) is 3.75. The third-order valence-corrected chi connectivity index (χ3v) is 5.60. The van der Waals surface area contributed by atoms with Crippen LogP contribution in [0.5, 0.6) is 0 Å². The van der Waals surface area contributed by atoms with Gasteiger partial charge in [-0.15, -0.1) is 0 Å². The third kappa shape index (κ3) is 5.11. The quantitative estimate of drug-likeness (QED) is 0.619. The van der Waals surface area contributed by atoms with Gasteiger partial charge in [-0.2, -0.15) is 0 Å². The monoisotopic (exact) mass is 401 g/mol. The molecule has 1 atom stereocenters. The largest absolute Gasteiger partial charge is 0.481 e. The van der Waals surface area contributed by atoms with Crippen molar-refractivity contribution in [3.05, 3.63) is 33.8 Å². The first kappa shape index (κ1) is 20.5. The minimum atomic E-state index is -1.05. The van der Waals surface area contributed by atoms with E-state index in [-0.39, 0.29) is 25.3 Å². The molecule has 1 aromatic rings. The van der Waals surface area contributed by atoms with Gasteiger partial charge < -0.3 is 15.5 Å². The number of amides is 1. The van der Waals surface area contributed by atoms with Crippen LogP contribution < -0.4 is 5.32 Å². The Labute approximate surface area is 161 Å². The number of carboxylic acids is 2. The van der Waals surface area contributed by atoms with Gasteiger partial charge in [-0.3, -0.25) is 14.4 Å². The number of carbonyl (C=O) groups is 3. The van der Waals surface area contributed by atoms with E-state index in [9.17, 15) is 19.5 Å². The molecule has 1 fully saturated rings. The number of carboxylic acid groups (broad SMARTS) is 2. The predicted octanol–water partition coefficient (Wildman–Crippen LogP) is 3.39. The fraction of sp³-hybridized carbons (Fsp3) is 0.500. The van der Waals surface area contributed by atoms with Crippen LogP contribution in [-0.4, -0.2) is 34.6 Å². The van der Waals surface area contributed by atoms with Crippen LogP contribution in [0.4, 0.5) is 0 Å². The molecule has 8 heteroatoms. The molecule has 2 rings (SSSR count). The van der Waals surface area contributed by atoms with E-state index in [1.807, 2.05) is 0 Å². The number of aliphatic carboxylic acids is 2. The Morgan fingerprint density at radius 1 is 1.12 bits per heavy atom. The molecule has 1 aliphatic rings. The molecule has 1 amide bonds. The minimum absolute atomic E-state index is 0.0736. The van der Waals surface area contributed by atoms with Crippen molar-refractivity contribution in [2.75, 3.05) is 6.54 Å². The molecular weight excluding hydrogens is 381 g/mol. The number of hydrogen-bond donors (Lipinski definition) is 3. The molecule has 0 spiro atoms. The summed E-state index contributed by atoms with van der Waals surface area (Å²) in [6.07, 6.45) is 2.56. The summed E-state index contributed by atoms with van der Waals surface area (Å²) < 4.78 is 0. The summed E-state index contributed by atoms with van der Waals surface area (Å²) in [5, 5.41) is 21.9. The number of carbonyl (C=O) groups excluding carboxylic acids is 1. The Hall–Kier alpha value is -1.79. The number of nitrogens with one attached hydrogen (secondary N) is 1. The van der Waals surface area contributed by atoms with Gasteiger partial charge in [0.2, 0.25) is 5.91 Å². The highest BCUT2D eigenvalue weighted by Gasteiger charge is 2.43. The Balaban J connectivity index is 2.03. The molecule has 1 aromatic carbocycles. The Bertz CT molecular complexity index is 701. The minimum Gasteiger partial charge on any atom is -0.481 e. The Morgan fingerprint density at radius 2 is 1.77 bits per heavy atom. The second kappa shape index (κ2) is 8.73. The summed E-state index contributed by atoms with van der Waals surface area (Å²) in [7, 11) is 0. The SMILES string of the molecule is O=C(O)CC1(C(=O)NCC(Cc2ccc(Cl)c(Cl)c2)C(=O)O)CCCC1. The number of hydrogen-bond acceptors (Lipinski definition) is 3. The highest BCUT2D eigenvalue weighted by atomic mass is 35.5. The van der Waals surface area contributed by atoms with Crippen molar-refractivity contribution in [1.29, 1.82) is 0 Å². The van der Waals surface area contributed by atoms with Crippen molar-refractivity contribution < 1.29 is 24.6 Å². The van der Waals surface area contributed by atoms with E-state index < -0.39 is 23.3 Å². The molecule has 3 N–H and O–H groups in total. The third-order valence-electron chi connectivity index (χ3n) is 4.86. The smallest absolute Gasteiger partial charge is 0.308 e. The zero-order valence-corrected chi connectivity index (χ0v) is 15.6. The molecule has 0 heterocycles. The zero-order chi connectivity index (χ0) is 19.3. The molecular formula is C18H21Cl2NO5. The van der Waals surface area contributed by atoms with E-state index in [1.165, 1.54) is 0 Å². The van der Waals surface area contributed by atoms with Crippen LogP contribution in [0.1, 0.15) is 37.7 Å². The van der Waals surface area contributed by atoms with E-state index in [1.54, 1.807) is 18.2 Å². The topological polar surface area (TPSA) is 104 Å². The number of benzene rings is 1. The van der Waals surface area contributed by atoms with Crippen molar-refractivity contribution in [1.82, 2.24) is 5.32 Å². The summed E-state index contributed by atoms with van der Waals surface area (Å²) in [4.78, 5) is 35.2. The standard InChI is InChI=1S/C18H21Cl2NO5/c19-13-4-3-11(8-14(13)20)7-12(16(24)25)10-21-17(26)18(9-15(22)23)5-1-2-6-18/h3-4,8,12H,1-2,5-7,9-10H2,(H,21,26)(H,22,23)(H,24,25). The second-order valence-electron chi connectivity index (χ2n) is 6.76. The maximum absolute atomic E-state index is 12.6. The average Bonchev–Trinajstić information content (AvgIpc) is 3.03. The van der Waals surface area contributed by atoms with Gasteiger partial charge in [-0.05, 0) is 37.0 Å². The lowest BCUT2D eigenvalue weighted by Crippen LogP contribution is -2.44. The summed E-state index contributed by atoms with van der Waals surface area (Å²) in [5.41, 5.74) is -0.236. The Kier molecular flexibility index (Phi) is 6.89. The van der Waals surface area contributed by atoms with Crippen LogP contribution in [0, 0.1) is 11.3 Å². The Morgan fingerprint density at radius 3 is 2.31 bits per heavy atom. The number of halogens is 2. The normalized spacial score (nSPS) is 16.8. The van der Waals surface area contributed by atoms with Crippen molar-refractivity contribution in [3.63, 3.8) is 0 Å². The van der Waals surface area contributed by atoms with Crippen LogP contribution in [0.15, 0.2) is 18.2 Å². The van der Waals surface area contributed by atoms with E-state index in [4.69, 9.17) is 28.3 Å². The van der Waals surface area contributed by atoms with Gasteiger partial charge in [0.15, 0.2) is 0 Å². The van der Waals surface area contributed by atoms with Crippen molar-refractivity contribution in [2.24, 2.45) is 11.3 Å². The van der Waals surface area contributed by atoms with Crippen LogP contribution in [-0.2, 0) is 20.8 Å². The van der Waals surface area contributed by atoms with Crippen LogP contribution in [0.2, 0.25) is 10.0 Å². The van der Waals surface area contributed by atoms with Crippen LogP contribution in [0.3, 0.4) is 0 Å². The average molecular weight is 402 g/mol. The zero-order valence-electron chi connectivity index (χ0n) is 14.1. The molecule has 1 aliphatic carbocycles. The highest BCUT2D eigenvalue weighted by Crippen LogP contribution is 2.41. The van der Waals surface area contributed by atoms with Crippen LogP contribution in [0.25, 0.3) is 0 Å². The van der Waals surface area contributed by atoms with Gasteiger partial charge in [0.1, 0.15) is 0 Å². The van der Waals surface area contributed by atoms with E-state index in [0.29, 0.717) is 28.5 Å².